The van der Waals surface area contributed by atoms with Crippen molar-refractivity contribution >= 4 is 23.9 Å². The summed E-state index contributed by atoms with van der Waals surface area (Å²) in [4.78, 5) is 13.1. The fourth-order valence-electron chi connectivity index (χ4n) is 4.06. The number of benzene rings is 3. The molecule has 3 aromatic carbocycles. The summed E-state index contributed by atoms with van der Waals surface area (Å²) in [7, 11) is 1.66. The molecule has 0 aromatic heterocycles. The molecule has 0 spiro atoms. The molecule has 0 radical (unpaired) electrons. The molecule has 4 N–H and O–H groups in total. The van der Waals surface area contributed by atoms with Crippen LogP contribution in [0.4, 0.5) is 11.4 Å². The molecule has 3 aromatic rings. The minimum atomic E-state index is -0.687. The molecule has 8 heteroatoms. The number of fused-ring (bicyclic) bond motifs is 1. The van der Waals surface area contributed by atoms with Gasteiger partial charge >= 0.3 is 0 Å². The standard InChI is InChI=1S/C24H23N3O3.CH2O2/c1-28-21-7-3-6-20(14-21)26-19-5-2-4-17(13-19)24(15-30-23(25)27-24)18-8-9-22-16(12-18)10-11-29-22;2-1-3/h2-9,12-14,26H,10-11,15H2,1H3,(H2,25,27);1H,(H,2,3). The first-order valence-corrected chi connectivity index (χ1v) is 10.4. The molecule has 0 saturated heterocycles. The monoisotopic (exact) mass is 447 g/mol. The van der Waals surface area contributed by atoms with Gasteiger partial charge < -0.3 is 30.4 Å². The van der Waals surface area contributed by atoms with Crippen LogP contribution in [0.2, 0.25) is 0 Å². The second-order valence-electron chi connectivity index (χ2n) is 7.56. The number of hydrogen-bond donors (Lipinski definition) is 3. The number of hydrogen-bond acceptors (Lipinski definition) is 7. The molecular weight excluding hydrogens is 422 g/mol. The molecule has 2 aliphatic heterocycles. The van der Waals surface area contributed by atoms with Crippen LogP contribution in [0.5, 0.6) is 11.5 Å². The fraction of sp³-hybridized carbons (Fsp3) is 0.200. The summed E-state index contributed by atoms with van der Waals surface area (Å²) in [5, 5.41) is 10.3. The van der Waals surface area contributed by atoms with Crippen molar-refractivity contribution in [3.05, 3.63) is 83.4 Å². The quantitative estimate of drug-likeness (QED) is 0.511. The minimum Gasteiger partial charge on any atom is -0.497 e. The van der Waals surface area contributed by atoms with Crippen LogP contribution < -0.4 is 20.5 Å². The van der Waals surface area contributed by atoms with E-state index in [1.807, 2.05) is 42.5 Å². The largest absolute Gasteiger partial charge is 0.497 e. The average Bonchev–Trinajstić information content (AvgIpc) is 3.46. The third-order valence-electron chi connectivity index (χ3n) is 5.60. The molecule has 170 valence electrons. The lowest BCUT2D eigenvalue weighted by Gasteiger charge is -2.26. The van der Waals surface area contributed by atoms with Crippen LogP contribution in [0.3, 0.4) is 0 Å². The van der Waals surface area contributed by atoms with Crippen molar-refractivity contribution in [3.63, 3.8) is 0 Å². The van der Waals surface area contributed by atoms with E-state index in [2.05, 4.69) is 29.6 Å². The maximum Gasteiger partial charge on any atom is 0.290 e. The van der Waals surface area contributed by atoms with Crippen molar-refractivity contribution < 1.29 is 24.1 Å². The van der Waals surface area contributed by atoms with Gasteiger partial charge in [0.25, 0.3) is 12.5 Å². The van der Waals surface area contributed by atoms with Crippen molar-refractivity contribution in [2.45, 2.75) is 12.0 Å². The maximum absolute atomic E-state index is 8.36. The number of carboxylic acid groups (broad SMARTS) is 1. The molecule has 0 bridgehead atoms. The lowest BCUT2D eigenvalue weighted by Crippen LogP contribution is -2.27. The van der Waals surface area contributed by atoms with Gasteiger partial charge in [-0.05, 0) is 53.1 Å². The Balaban J connectivity index is 0.000000821. The van der Waals surface area contributed by atoms with Gasteiger partial charge in [-0.1, -0.05) is 24.3 Å². The molecule has 0 fully saturated rings. The lowest BCUT2D eigenvalue weighted by atomic mass is 9.83. The number of carbonyl (C=O) groups is 1. The maximum atomic E-state index is 8.36. The Kier molecular flexibility index (Phi) is 6.35. The van der Waals surface area contributed by atoms with Crippen LogP contribution in [-0.4, -0.2) is 37.9 Å². The van der Waals surface area contributed by atoms with E-state index in [0.29, 0.717) is 13.2 Å². The normalized spacial score (nSPS) is 18.0. The molecule has 0 saturated carbocycles. The fourth-order valence-corrected chi connectivity index (χ4v) is 4.06. The van der Waals surface area contributed by atoms with Crippen molar-refractivity contribution in [2.24, 2.45) is 10.7 Å². The van der Waals surface area contributed by atoms with Gasteiger partial charge in [0.2, 0.25) is 0 Å². The topological polar surface area (TPSA) is 115 Å². The van der Waals surface area contributed by atoms with E-state index < -0.39 is 5.54 Å². The number of nitrogens with one attached hydrogen (secondary N) is 1. The summed E-state index contributed by atoms with van der Waals surface area (Å²) < 4.78 is 16.6. The zero-order valence-corrected chi connectivity index (χ0v) is 18.2. The van der Waals surface area contributed by atoms with Gasteiger partial charge in [0, 0.05) is 23.9 Å². The second kappa shape index (κ2) is 9.52. The number of aliphatic imine (C=N–C) groups is 1. The molecular formula is C25H25N3O5. The molecule has 5 rings (SSSR count). The van der Waals surface area contributed by atoms with Gasteiger partial charge in [0.1, 0.15) is 18.1 Å². The van der Waals surface area contributed by atoms with E-state index in [4.69, 9.17) is 34.8 Å². The predicted molar refractivity (Wildman–Crippen MR) is 125 cm³/mol. The third-order valence-corrected chi connectivity index (χ3v) is 5.60. The van der Waals surface area contributed by atoms with Gasteiger partial charge in [-0.3, -0.25) is 4.79 Å². The smallest absolute Gasteiger partial charge is 0.290 e. The van der Waals surface area contributed by atoms with Crippen molar-refractivity contribution in [2.75, 3.05) is 25.6 Å². The Morgan fingerprint density at radius 3 is 2.52 bits per heavy atom. The Morgan fingerprint density at radius 1 is 1.06 bits per heavy atom. The minimum absolute atomic E-state index is 0.206. The number of ether oxygens (including phenoxy) is 3. The highest BCUT2D eigenvalue weighted by atomic mass is 16.5. The summed E-state index contributed by atoms with van der Waals surface area (Å²) >= 11 is 0. The van der Waals surface area contributed by atoms with E-state index in [1.54, 1.807) is 7.11 Å². The Bertz CT molecular complexity index is 1180. The highest BCUT2D eigenvalue weighted by Gasteiger charge is 2.40. The zero-order chi connectivity index (χ0) is 23.3. The van der Waals surface area contributed by atoms with E-state index in [1.165, 1.54) is 5.56 Å². The molecule has 2 aliphatic rings. The summed E-state index contributed by atoms with van der Waals surface area (Å²) in [5.74, 6) is 1.74. The zero-order valence-electron chi connectivity index (χ0n) is 18.2. The van der Waals surface area contributed by atoms with Gasteiger partial charge in [-0.2, -0.15) is 0 Å². The van der Waals surface area contributed by atoms with Crippen LogP contribution in [0, 0.1) is 0 Å². The summed E-state index contributed by atoms with van der Waals surface area (Å²) in [6.07, 6.45) is 0.900. The average molecular weight is 447 g/mol. The van der Waals surface area contributed by atoms with E-state index >= 15 is 0 Å². The van der Waals surface area contributed by atoms with Gasteiger partial charge in [-0.25, -0.2) is 4.99 Å². The van der Waals surface area contributed by atoms with Crippen molar-refractivity contribution in [3.8, 4) is 11.5 Å². The van der Waals surface area contributed by atoms with Crippen LogP contribution in [0.15, 0.2) is 71.7 Å². The van der Waals surface area contributed by atoms with Crippen LogP contribution in [0.1, 0.15) is 16.7 Å². The molecule has 1 unspecified atom stereocenters. The first kappa shape index (κ1) is 22.0. The highest BCUT2D eigenvalue weighted by Crippen LogP contribution is 2.41. The first-order valence-electron chi connectivity index (χ1n) is 10.4. The van der Waals surface area contributed by atoms with Crippen molar-refractivity contribution in [1.82, 2.24) is 0 Å². The number of anilines is 2. The van der Waals surface area contributed by atoms with Crippen LogP contribution in [0.25, 0.3) is 0 Å². The molecule has 2 heterocycles. The number of methoxy groups -OCH3 is 1. The van der Waals surface area contributed by atoms with E-state index in [9.17, 15) is 0 Å². The highest BCUT2D eigenvalue weighted by molar-refractivity contribution is 5.75. The number of amidine groups is 1. The number of rotatable bonds is 5. The van der Waals surface area contributed by atoms with Gasteiger partial charge in [0.05, 0.1) is 13.7 Å². The van der Waals surface area contributed by atoms with Crippen LogP contribution >= 0.6 is 0 Å². The molecule has 0 aliphatic carbocycles. The molecule has 1 atom stereocenters. The lowest BCUT2D eigenvalue weighted by molar-refractivity contribution is -0.122. The predicted octanol–water partition coefficient (Wildman–Crippen LogP) is 3.66. The SMILES string of the molecule is COc1cccc(Nc2cccc(C3(c4ccc5c(c4)CCO5)COC(N)=N3)c2)c1.O=CO. The number of nitrogens with two attached hydrogens (primary N) is 1. The van der Waals surface area contributed by atoms with Gasteiger partial charge in [-0.15, -0.1) is 0 Å². The Labute approximate surface area is 191 Å². The Hall–Kier alpha value is -4.20. The molecule has 0 amide bonds. The third kappa shape index (κ3) is 4.55. The number of nitrogens with zero attached hydrogens (tertiary/aromatic N) is 1. The van der Waals surface area contributed by atoms with Gasteiger partial charge in [0.15, 0.2) is 5.54 Å². The summed E-state index contributed by atoms with van der Waals surface area (Å²) in [5.41, 5.74) is 10.4. The van der Waals surface area contributed by atoms with Crippen LogP contribution in [-0.2, 0) is 21.5 Å². The second-order valence-corrected chi connectivity index (χ2v) is 7.56. The Morgan fingerprint density at radius 2 is 1.79 bits per heavy atom. The van der Waals surface area contributed by atoms with E-state index in [-0.39, 0.29) is 12.5 Å². The summed E-state index contributed by atoms with van der Waals surface area (Å²) in [6, 6.07) is 22.5. The van der Waals surface area contributed by atoms with E-state index in [0.717, 1.165) is 40.4 Å². The van der Waals surface area contributed by atoms with Crippen molar-refractivity contribution in [1.29, 1.82) is 0 Å². The molecule has 8 nitrogen and oxygen atoms in total. The first-order chi connectivity index (χ1) is 16.1. The summed E-state index contributed by atoms with van der Waals surface area (Å²) in [6.45, 7) is 0.828. The molecule has 33 heavy (non-hydrogen) atoms.